The highest BCUT2D eigenvalue weighted by atomic mass is 16.6. The zero-order valence-corrected chi connectivity index (χ0v) is 11.1. The predicted octanol–water partition coefficient (Wildman–Crippen LogP) is 1.73. The van der Waals surface area contributed by atoms with Crippen LogP contribution in [0, 0.1) is 10.1 Å². The first kappa shape index (κ1) is 13.7. The number of hydrogen-bond donors (Lipinski definition) is 1. The maximum absolute atomic E-state index is 11.0. The van der Waals surface area contributed by atoms with Gasteiger partial charge in [0.15, 0.2) is 0 Å². The van der Waals surface area contributed by atoms with Gasteiger partial charge in [0.1, 0.15) is 12.1 Å². The smallest absolute Gasteiger partial charge is 0.342 e. The van der Waals surface area contributed by atoms with Gasteiger partial charge in [-0.15, -0.1) is 5.10 Å². The van der Waals surface area contributed by atoms with E-state index < -0.39 is 4.92 Å². The molecule has 2 rings (SSSR count). The molecule has 0 spiro atoms. The molecule has 9 heteroatoms. The second-order valence-corrected chi connectivity index (χ2v) is 4.01. The number of hydrogen-bond acceptors (Lipinski definition) is 7. The topological polar surface area (TPSA) is 108 Å². The van der Waals surface area contributed by atoms with E-state index in [1.54, 1.807) is 7.05 Å². The average Bonchev–Trinajstić information content (AvgIpc) is 2.81. The zero-order valence-electron chi connectivity index (χ0n) is 11.1. The molecule has 0 aliphatic rings. The highest BCUT2D eigenvalue weighted by Crippen LogP contribution is 2.29. The largest absolute Gasteiger partial charge is 0.397 e. The van der Waals surface area contributed by atoms with Gasteiger partial charge in [-0.2, -0.15) is 9.97 Å². The first-order chi connectivity index (χ1) is 9.60. The molecule has 0 radical (unpaired) electrons. The van der Waals surface area contributed by atoms with Gasteiger partial charge in [0, 0.05) is 19.7 Å². The summed E-state index contributed by atoms with van der Waals surface area (Å²) in [5.74, 6) is 0.366. The van der Waals surface area contributed by atoms with Gasteiger partial charge in [-0.25, -0.2) is 0 Å². The third-order valence-electron chi connectivity index (χ3n) is 2.36. The zero-order chi connectivity index (χ0) is 14.5. The second-order valence-electron chi connectivity index (χ2n) is 4.01. The van der Waals surface area contributed by atoms with Gasteiger partial charge >= 0.3 is 17.6 Å². The first-order valence-corrected chi connectivity index (χ1v) is 6.03. The Bertz CT molecular complexity index is 612. The molecular weight excluding hydrogens is 264 g/mol. The van der Waals surface area contributed by atoms with E-state index in [2.05, 4.69) is 20.4 Å². The third-order valence-corrected chi connectivity index (χ3v) is 2.36. The van der Waals surface area contributed by atoms with Crippen LogP contribution in [-0.2, 0) is 7.05 Å². The molecule has 0 saturated carbocycles. The lowest BCUT2D eigenvalue weighted by atomic mass is 10.4. The molecular formula is C11H14N6O3. The average molecular weight is 278 g/mol. The lowest BCUT2D eigenvalue weighted by molar-refractivity contribution is -0.386. The minimum atomic E-state index is -0.561. The highest BCUT2D eigenvalue weighted by Gasteiger charge is 2.19. The van der Waals surface area contributed by atoms with Gasteiger partial charge in [0.2, 0.25) is 0 Å². The van der Waals surface area contributed by atoms with Crippen LogP contribution in [0.4, 0.5) is 11.5 Å². The normalized spacial score (nSPS) is 10.3. The van der Waals surface area contributed by atoms with E-state index in [0.717, 1.165) is 6.42 Å². The van der Waals surface area contributed by atoms with Crippen molar-refractivity contribution in [2.24, 2.45) is 7.05 Å². The summed E-state index contributed by atoms with van der Waals surface area (Å²) in [6, 6.07) is 2.88. The Morgan fingerprint density at radius 3 is 2.90 bits per heavy atom. The van der Waals surface area contributed by atoms with E-state index in [0.29, 0.717) is 12.4 Å². The van der Waals surface area contributed by atoms with Gasteiger partial charge in [-0.05, 0) is 12.5 Å². The molecule has 0 bridgehead atoms. The van der Waals surface area contributed by atoms with Crippen LogP contribution in [0.1, 0.15) is 13.3 Å². The van der Waals surface area contributed by atoms with Crippen LogP contribution >= 0.6 is 0 Å². The summed E-state index contributed by atoms with van der Waals surface area (Å²) in [5, 5.41) is 17.9. The van der Waals surface area contributed by atoms with Crippen molar-refractivity contribution in [3.8, 4) is 11.9 Å². The number of nitrogens with one attached hydrogen (secondary N) is 1. The van der Waals surface area contributed by atoms with E-state index in [-0.39, 0.29) is 17.6 Å². The van der Waals surface area contributed by atoms with Crippen molar-refractivity contribution in [2.75, 3.05) is 11.9 Å². The van der Waals surface area contributed by atoms with Gasteiger partial charge < -0.3 is 10.1 Å². The van der Waals surface area contributed by atoms with Crippen molar-refractivity contribution in [1.82, 2.24) is 19.7 Å². The lowest BCUT2D eigenvalue weighted by Crippen LogP contribution is -2.04. The van der Waals surface area contributed by atoms with Crippen molar-refractivity contribution in [2.45, 2.75) is 13.3 Å². The summed E-state index contributed by atoms with van der Waals surface area (Å²) >= 11 is 0. The fourth-order valence-electron chi connectivity index (χ4n) is 1.45. The van der Waals surface area contributed by atoms with Crippen LogP contribution < -0.4 is 10.1 Å². The molecule has 0 aliphatic heterocycles. The number of pyridine rings is 1. The number of anilines is 1. The van der Waals surface area contributed by atoms with Gasteiger partial charge in [0.05, 0.1) is 4.92 Å². The fourth-order valence-corrected chi connectivity index (χ4v) is 1.45. The Morgan fingerprint density at radius 1 is 1.50 bits per heavy atom. The van der Waals surface area contributed by atoms with Crippen LogP contribution in [0.15, 0.2) is 18.5 Å². The van der Waals surface area contributed by atoms with Gasteiger partial charge in [0.25, 0.3) is 0 Å². The minimum Gasteiger partial charge on any atom is -0.397 e. The molecule has 106 valence electrons. The van der Waals surface area contributed by atoms with Crippen molar-refractivity contribution < 1.29 is 9.66 Å². The van der Waals surface area contributed by atoms with E-state index in [1.807, 2.05) is 6.92 Å². The summed E-state index contributed by atoms with van der Waals surface area (Å²) < 4.78 is 6.71. The van der Waals surface area contributed by atoms with E-state index in [4.69, 9.17) is 4.74 Å². The monoisotopic (exact) mass is 278 g/mol. The molecule has 0 aliphatic carbocycles. The quantitative estimate of drug-likeness (QED) is 0.633. The number of nitrogens with zero attached hydrogens (tertiary/aromatic N) is 5. The molecule has 0 atom stereocenters. The number of aromatic nitrogens is 4. The maximum Gasteiger partial charge on any atom is 0.342 e. The van der Waals surface area contributed by atoms with E-state index >= 15 is 0 Å². The molecule has 2 heterocycles. The maximum atomic E-state index is 11.0. The first-order valence-electron chi connectivity index (χ1n) is 6.03. The van der Waals surface area contributed by atoms with E-state index in [9.17, 15) is 10.1 Å². The molecule has 0 fully saturated rings. The molecule has 0 amide bonds. The van der Waals surface area contributed by atoms with Crippen LogP contribution in [0.25, 0.3) is 0 Å². The molecule has 2 aromatic rings. The Morgan fingerprint density at radius 2 is 2.30 bits per heavy atom. The highest BCUT2D eigenvalue weighted by molar-refractivity contribution is 5.49. The molecule has 1 N–H and O–H groups in total. The fraction of sp³-hybridized carbons (Fsp3) is 0.364. The van der Waals surface area contributed by atoms with Crippen LogP contribution in [0.2, 0.25) is 0 Å². The SMILES string of the molecule is CCCNc1ccc([N+](=O)[O-])c(Oc2ncn(C)n2)n1. The Hall–Kier alpha value is -2.71. The molecule has 9 nitrogen and oxygen atoms in total. The van der Waals surface area contributed by atoms with Gasteiger partial charge in [-0.3, -0.25) is 14.8 Å². The Kier molecular flexibility index (Phi) is 4.08. The lowest BCUT2D eigenvalue weighted by Gasteiger charge is -2.06. The Labute approximate surface area is 114 Å². The second kappa shape index (κ2) is 5.95. The van der Waals surface area contributed by atoms with Crippen molar-refractivity contribution in [3.63, 3.8) is 0 Å². The summed E-state index contributed by atoms with van der Waals surface area (Å²) in [6.07, 6.45) is 2.34. The summed E-state index contributed by atoms with van der Waals surface area (Å²) in [4.78, 5) is 18.3. The predicted molar refractivity (Wildman–Crippen MR) is 70.7 cm³/mol. The summed E-state index contributed by atoms with van der Waals surface area (Å²) in [5.41, 5.74) is -0.237. The van der Waals surface area contributed by atoms with Crippen molar-refractivity contribution in [3.05, 3.63) is 28.6 Å². The minimum absolute atomic E-state index is 0.00995. The van der Waals surface area contributed by atoms with Crippen molar-refractivity contribution in [1.29, 1.82) is 0 Å². The molecule has 0 unspecified atom stereocenters. The van der Waals surface area contributed by atoms with E-state index in [1.165, 1.54) is 23.1 Å². The molecule has 2 aromatic heterocycles. The van der Waals surface area contributed by atoms with Crippen molar-refractivity contribution >= 4 is 11.5 Å². The summed E-state index contributed by atoms with van der Waals surface area (Å²) in [7, 11) is 1.67. The van der Waals surface area contributed by atoms with Crippen LogP contribution in [-0.4, -0.2) is 31.2 Å². The van der Waals surface area contributed by atoms with Crippen LogP contribution in [0.5, 0.6) is 11.9 Å². The van der Waals surface area contributed by atoms with Crippen LogP contribution in [0.3, 0.4) is 0 Å². The number of ether oxygens (including phenoxy) is 1. The molecule has 20 heavy (non-hydrogen) atoms. The summed E-state index contributed by atoms with van der Waals surface area (Å²) in [6.45, 7) is 2.72. The number of rotatable bonds is 6. The molecule has 0 aromatic carbocycles. The van der Waals surface area contributed by atoms with Gasteiger partial charge in [-0.1, -0.05) is 6.92 Å². The third kappa shape index (κ3) is 3.19. The molecule has 0 saturated heterocycles. The number of aryl methyl sites for hydroxylation is 1. The Balaban J connectivity index is 2.28. The number of nitro groups is 1. The standard InChI is InChI=1S/C11H14N6O3/c1-3-6-12-9-5-4-8(17(18)19)10(14-9)20-11-13-7-16(2)15-11/h4-5,7H,3,6H2,1-2H3,(H,12,14).